The third-order valence-corrected chi connectivity index (χ3v) is 3.11. The highest BCUT2D eigenvalue weighted by atomic mass is 32.2. The van der Waals surface area contributed by atoms with E-state index in [4.69, 9.17) is 5.84 Å². The van der Waals surface area contributed by atoms with Gasteiger partial charge in [0.1, 0.15) is 5.69 Å². The molecule has 5 N–H and O–H groups in total. The molecule has 20 heavy (non-hydrogen) atoms. The summed E-state index contributed by atoms with van der Waals surface area (Å²) < 4.78 is 24.7. The fourth-order valence-corrected chi connectivity index (χ4v) is 2.53. The Morgan fingerprint density at radius 1 is 1.35 bits per heavy atom. The molecule has 10 heteroatoms. The van der Waals surface area contributed by atoms with Crippen LogP contribution in [0.4, 0.5) is 5.82 Å². The van der Waals surface area contributed by atoms with Crippen molar-refractivity contribution in [3.8, 4) is 0 Å². The first-order valence-corrected chi connectivity index (χ1v) is 7.58. The van der Waals surface area contributed by atoms with Crippen LogP contribution in [0.1, 0.15) is 24.3 Å². The number of hydrogen-bond acceptors (Lipinski definition) is 7. The van der Waals surface area contributed by atoms with E-state index in [1.807, 2.05) is 0 Å². The Hall–Kier alpha value is -1.78. The van der Waals surface area contributed by atoms with Crippen LogP contribution in [0, 0.1) is 0 Å². The van der Waals surface area contributed by atoms with Crippen LogP contribution in [0.15, 0.2) is 12.4 Å². The lowest BCUT2D eigenvalue weighted by atomic mass is 10.1. The summed E-state index contributed by atoms with van der Waals surface area (Å²) in [5.41, 5.74) is 1.59. The van der Waals surface area contributed by atoms with Crippen molar-refractivity contribution in [2.24, 2.45) is 5.84 Å². The lowest BCUT2D eigenvalue weighted by molar-refractivity contribution is 0.0939. The van der Waals surface area contributed by atoms with E-state index in [2.05, 4.69) is 25.4 Å². The van der Waals surface area contributed by atoms with Crippen LogP contribution in [0.2, 0.25) is 0 Å². The maximum Gasteiger partial charge on any atom is 0.271 e. The topological polar surface area (TPSA) is 139 Å². The van der Waals surface area contributed by atoms with Crippen molar-refractivity contribution in [2.45, 2.75) is 19.4 Å². The molecular weight excluding hydrogens is 284 g/mol. The SMILES string of the molecule is CC(C)(CNC(=O)c1cnc(NN)cn1)NS(C)(=O)=O. The van der Waals surface area contributed by atoms with Crippen LogP contribution >= 0.6 is 0 Å². The van der Waals surface area contributed by atoms with Gasteiger partial charge in [-0.3, -0.25) is 4.79 Å². The van der Waals surface area contributed by atoms with Gasteiger partial charge in [0.2, 0.25) is 10.0 Å². The Morgan fingerprint density at radius 2 is 2.00 bits per heavy atom. The predicted octanol–water partition coefficient (Wildman–Crippen LogP) is -1.18. The summed E-state index contributed by atoms with van der Waals surface area (Å²) in [7, 11) is -3.35. The van der Waals surface area contributed by atoms with Crippen molar-refractivity contribution in [3.63, 3.8) is 0 Å². The zero-order valence-corrected chi connectivity index (χ0v) is 12.3. The van der Waals surface area contributed by atoms with Gasteiger partial charge in [-0.1, -0.05) is 0 Å². The number of nitrogen functional groups attached to an aromatic ring is 1. The highest BCUT2D eigenvalue weighted by Gasteiger charge is 2.23. The molecule has 0 aliphatic carbocycles. The Kier molecular flexibility index (Phi) is 4.98. The summed E-state index contributed by atoms with van der Waals surface area (Å²) in [6.45, 7) is 3.42. The fraction of sp³-hybridized carbons (Fsp3) is 0.500. The van der Waals surface area contributed by atoms with E-state index in [0.29, 0.717) is 5.82 Å². The molecule has 0 radical (unpaired) electrons. The van der Waals surface area contributed by atoms with E-state index in [9.17, 15) is 13.2 Å². The minimum absolute atomic E-state index is 0.109. The second kappa shape index (κ2) is 6.11. The van der Waals surface area contributed by atoms with Crippen LogP contribution in [-0.4, -0.2) is 42.6 Å². The number of rotatable bonds is 6. The lowest BCUT2D eigenvalue weighted by Crippen LogP contribution is -2.51. The number of amides is 1. The predicted molar refractivity (Wildman–Crippen MR) is 74.2 cm³/mol. The quantitative estimate of drug-likeness (QED) is 0.383. The second-order valence-electron chi connectivity index (χ2n) is 4.87. The number of sulfonamides is 1. The Bertz CT molecular complexity index is 569. The standard InChI is InChI=1S/C10H18N6O3S/c1-10(2,16-20(3,18)19)6-14-9(17)7-4-13-8(15-11)5-12-7/h4-5,16H,6,11H2,1-3H3,(H,13,15)(H,14,17). The molecule has 0 fully saturated rings. The number of nitrogens with one attached hydrogen (secondary N) is 3. The molecule has 0 spiro atoms. The van der Waals surface area contributed by atoms with Crippen LogP contribution in [0.25, 0.3) is 0 Å². The molecular formula is C10H18N6O3S. The molecule has 0 aliphatic rings. The number of carbonyl (C=O) groups is 1. The van der Waals surface area contributed by atoms with Crippen molar-refractivity contribution >= 4 is 21.7 Å². The summed E-state index contributed by atoms with van der Waals surface area (Å²) in [5.74, 6) is 5.01. The van der Waals surface area contributed by atoms with Crippen molar-refractivity contribution in [1.82, 2.24) is 20.0 Å². The molecule has 1 heterocycles. The minimum Gasteiger partial charge on any atom is -0.349 e. The highest BCUT2D eigenvalue weighted by Crippen LogP contribution is 2.03. The van der Waals surface area contributed by atoms with E-state index < -0.39 is 21.5 Å². The summed E-state index contributed by atoms with van der Waals surface area (Å²) in [4.78, 5) is 19.5. The van der Waals surface area contributed by atoms with Crippen molar-refractivity contribution in [3.05, 3.63) is 18.1 Å². The summed E-state index contributed by atoms with van der Waals surface area (Å²) in [5, 5.41) is 2.58. The number of aromatic nitrogens is 2. The molecule has 0 unspecified atom stereocenters. The third-order valence-electron chi connectivity index (χ3n) is 2.18. The van der Waals surface area contributed by atoms with E-state index in [1.165, 1.54) is 12.4 Å². The number of anilines is 1. The largest absolute Gasteiger partial charge is 0.349 e. The lowest BCUT2D eigenvalue weighted by Gasteiger charge is -2.25. The zero-order valence-electron chi connectivity index (χ0n) is 11.5. The second-order valence-corrected chi connectivity index (χ2v) is 6.62. The van der Waals surface area contributed by atoms with Gasteiger partial charge in [0, 0.05) is 12.1 Å². The van der Waals surface area contributed by atoms with Crippen LogP contribution in [0.3, 0.4) is 0 Å². The van der Waals surface area contributed by atoms with E-state index in [-0.39, 0.29) is 12.2 Å². The normalized spacial score (nSPS) is 12.0. The highest BCUT2D eigenvalue weighted by molar-refractivity contribution is 7.88. The molecule has 112 valence electrons. The zero-order chi connectivity index (χ0) is 15.4. The number of carbonyl (C=O) groups excluding carboxylic acids is 1. The Balaban J connectivity index is 2.62. The van der Waals surface area contributed by atoms with Gasteiger partial charge in [-0.25, -0.2) is 29.0 Å². The molecule has 0 saturated heterocycles. The minimum atomic E-state index is -3.35. The van der Waals surface area contributed by atoms with Gasteiger partial charge in [0.05, 0.1) is 18.6 Å². The van der Waals surface area contributed by atoms with Crippen molar-refractivity contribution < 1.29 is 13.2 Å². The van der Waals surface area contributed by atoms with Crippen LogP contribution in [0.5, 0.6) is 0 Å². The van der Waals surface area contributed by atoms with Gasteiger partial charge < -0.3 is 10.7 Å². The monoisotopic (exact) mass is 302 g/mol. The van der Waals surface area contributed by atoms with Gasteiger partial charge >= 0.3 is 0 Å². The number of nitrogens with zero attached hydrogens (tertiary/aromatic N) is 2. The Morgan fingerprint density at radius 3 is 2.45 bits per heavy atom. The van der Waals surface area contributed by atoms with Crippen molar-refractivity contribution in [2.75, 3.05) is 18.2 Å². The van der Waals surface area contributed by atoms with Crippen molar-refractivity contribution in [1.29, 1.82) is 0 Å². The van der Waals surface area contributed by atoms with Gasteiger partial charge in [-0.2, -0.15) is 0 Å². The molecule has 1 aromatic rings. The fourth-order valence-electron chi connectivity index (χ4n) is 1.45. The van der Waals surface area contributed by atoms with Gasteiger partial charge in [0.15, 0.2) is 5.82 Å². The molecule has 1 aromatic heterocycles. The average molecular weight is 302 g/mol. The first kappa shape index (κ1) is 16.3. The number of hydrogen-bond donors (Lipinski definition) is 4. The molecule has 0 atom stereocenters. The maximum atomic E-state index is 11.8. The molecule has 9 nitrogen and oxygen atoms in total. The van der Waals surface area contributed by atoms with Gasteiger partial charge in [0.25, 0.3) is 5.91 Å². The number of nitrogens with two attached hydrogens (primary N) is 1. The summed E-state index contributed by atoms with van der Waals surface area (Å²) >= 11 is 0. The smallest absolute Gasteiger partial charge is 0.271 e. The van der Waals surface area contributed by atoms with E-state index in [0.717, 1.165) is 6.26 Å². The molecule has 0 bridgehead atoms. The average Bonchev–Trinajstić information content (AvgIpc) is 2.33. The molecule has 0 saturated carbocycles. The molecule has 0 aromatic carbocycles. The summed E-state index contributed by atoms with van der Waals surface area (Å²) in [6, 6.07) is 0. The summed E-state index contributed by atoms with van der Waals surface area (Å²) in [6.07, 6.45) is 3.64. The molecule has 1 rings (SSSR count). The van der Waals surface area contributed by atoms with Crippen LogP contribution < -0.4 is 21.3 Å². The first-order valence-electron chi connectivity index (χ1n) is 5.69. The van der Waals surface area contributed by atoms with E-state index >= 15 is 0 Å². The van der Waals surface area contributed by atoms with Gasteiger partial charge in [-0.15, -0.1) is 0 Å². The Labute approximate surface area is 117 Å². The maximum absolute atomic E-state index is 11.8. The molecule has 0 aliphatic heterocycles. The first-order chi connectivity index (χ1) is 9.13. The molecule has 1 amide bonds. The number of hydrazine groups is 1. The van der Waals surface area contributed by atoms with Gasteiger partial charge in [-0.05, 0) is 13.8 Å². The van der Waals surface area contributed by atoms with E-state index in [1.54, 1.807) is 13.8 Å². The van der Waals surface area contributed by atoms with Crippen LogP contribution in [-0.2, 0) is 10.0 Å². The third kappa shape index (κ3) is 5.47.